The molecule has 0 saturated carbocycles. The highest BCUT2D eigenvalue weighted by Crippen LogP contribution is 1.82. The molecule has 0 aliphatic rings. The Bertz CT molecular complexity index is 107. The van der Waals surface area contributed by atoms with Gasteiger partial charge in [0.25, 0.3) is 0 Å². The molecule has 0 amide bonds. The minimum absolute atomic E-state index is 0.514. The van der Waals surface area contributed by atoms with E-state index in [1.807, 2.05) is 6.92 Å². The van der Waals surface area contributed by atoms with Crippen LogP contribution in [0.1, 0.15) is 6.92 Å². The third-order valence-electron chi connectivity index (χ3n) is 1.69. The van der Waals surface area contributed by atoms with Crippen molar-refractivity contribution in [3.8, 4) is 0 Å². The van der Waals surface area contributed by atoms with E-state index in [1.54, 1.807) is 0 Å². The van der Waals surface area contributed by atoms with Crippen LogP contribution in [0.4, 0.5) is 0 Å². The molecule has 0 saturated heterocycles. The summed E-state index contributed by atoms with van der Waals surface area (Å²) in [6.45, 7) is 7.35. The fraction of sp³-hybridized carbons (Fsp3) is 0.909. The molecule has 0 aromatic rings. The Morgan fingerprint density at radius 3 is 1.38 bits per heavy atom. The van der Waals surface area contributed by atoms with Crippen molar-refractivity contribution in [2.24, 2.45) is 0 Å². The second-order valence-electron chi connectivity index (χ2n) is 2.94. The monoisotopic (exact) mass is 235 g/mol. The first-order chi connectivity index (χ1) is 7.91. The summed E-state index contributed by atoms with van der Waals surface area (Å²) < 4.78 is 25.4. The second kappa shape index (κ2) is 14.7. The zero-order valence-corrected chi connectivity index (χ0v) is 10.1. The molecule has 0 aliphatic carbocycles. The molecule has 0 radical (unpaired) electrons. The summed E-state index contributed by atoms with van der Waals surface area (Å²) in [6.07, 6.45) is 0. The van der Waals surface area contributed by atoms with Gasteiger partial charge in [-0.15, -0.1) is 0 Å². The molecule has 0 fully saturated rings. The number of hydrogen-bond donors (Lipinski definition) is 0. The van der Waals surface area contributed by atoms with Gasteiger partial charge in [-0.3, -0.25) is 0 Å². The van der Waals surface area contributed by atoms with Crippen LogP contribution in [0.3, 0.4) is 0 Å². The fourth-order valence-corrected chi connectivity index (χ4v) is 0.922. The van der Waals surface area contributed by atoms with Crippen molar-refractivity contribution in [2.75, 3.05) is 59.5 Å². The Kier molecular flexibility index (Phi) is 14.4. The zero-order valence-electron chi connectivity index (χ0n) is 10.1. The summed E-state index contributed by atoms with van der Waals surface area (Å²) in [5.41, 5.74) is 0. The van der Waals surface area contributed by atoms with Gasteiger partial charge < -0.3 is 18.9 Å². The Morgan fingerprint density at radius 1 is 0.625 bits per heavy atom. The van der Waals surface area contributed by atoms with E-state index in [9.17, 15) is 0 Å². The van der Waals surface area contributed by atoms with Crippen molar-refractivity contribution in [3.63, 3.8) is 0 Å². The lowest BCUT2D eigenvalue weighted by molar-refractivity contribution is -0.00529. The average Bonchev–Trinajstić information content (AvgIpc) is 2.31. The zero-order chi connectivity index (χ0) is 11.9. The highest BCUT2D eigenvalue weighted by molar-refractivity contribution is 4.34. The highest BCUT2D eigenvalue weighted by atomic mass is 16.6. The Hall–Kier alpha value is -0.330. The molecule has 96 valence electrons. The van der Waals surface area contributed by atoms with Gasteiger partial charge in [0, 0.05) is 6.61 Å². The smallest absolute Gasteiger partial charge is 0.213 e. The van der Waals surface area contributed by atoms with Crippen LogP contribution >= 0.6 is 0 Å². The summed E-state index contributed by atoms with van der Waals surface area (Å²) >= 11 is 0. The van der Waals surface area contributed by atoms with Crippen molar-refractivity contribution in [2.45, 2.75) is 6.92 Å². The number of hydrogen-bond acceptors (Lipinski definition) is 5. The van der Waals surface area contributed by atoms with E-state index in [2.05, 4.69) is 11.8 Å². The van der Waals surface area contributed by atoms with E-state index in [0.29, 0.717) is 52.9 Å². The lowest BCUT2D eigenvalue weighted by Gasteiger charge is -2.06. The Balaban J connectivity index is 2.83. The van der Waals surface area contributed by atoms with Crippen molar-refractivity contribution < 1.29 is 23.7 Å². The van der Waals surface area contributed by atoms with E-state index in [0.717, 1.165) is 6.61 Å². The largest absolute Gasteiger partial charge is 0.379 e. The molecule has 0 atom stereocenters. The number of ether oxygens (including phenoxy) is 5. The molecule has 0 aromatic heterocycles. The normalized spacial score (nSPS) is 10.8. The quantitative estimate of drug-likeness (QED) is 0.350. The van der Waals surface area contributed by atoms with Gasteiger partial charge in [-0.2, -0.15) is 4.74 Å². The first-order valence-corrected chi connectivity index (χ1v) is 5.59. The summed E-state index contributed by atoms with van der Waals surface area (Å²) in [4.78, 5) is 0. The molecule has 0 heterocycles. The maximum absolute atomic E-state index is 5.27. The summed E-state index contributed by atoms with van der Waals surface area (Å²) in [5, 5.41) is 0. The molecule has 16 heavy (non-hydrogen) atoms. The standard InChI is InChI=1S/C11H23O5/c1-3-13-6-7-15-10-11-16-9-8-14-5-4-12-2/h2-11H2,1H3/q+1. The number of rotatable bonds is 13. The van der Waals surface area contributed by atoms with Crippen molar-refractivity contribution in [1.29, 1.82) is 0 Å². The van der Waals surface area contributed by atoms with Crippen LogP contribution in [0.25, 0.3) is 0 Å². The van der Waals surface area contributed by atoms with Crippen LogP contribution < -0.4 is 0 Å². The van der Waals surface area contributed by atoms with Crippen molar-refractivity contribution in [3.05, 3.63) is 7.11 Å². The molecule has 0 unspecified atom stereocenters. The molecular weight excluding hydrogens is 212 g/mol. The summed E-state index contributed by atoms with van der Waals surface area (Å²) in [5.74, 6) is 0. The first-order valence-electron chi connectivity index (χ1n) is 5.59. The van der Waals surface area contributed by atoms with Crippen molar-refractivity contribution in [1.82, 2.24) is 0 Å². The molecule has 0 aliphatic heterocycles. The van der Waals surface area contributed by atoms with Gasteiger partial charge in [-0.05, 0) is 6.92 Å². The van der Waals surface area contributed by atoms with Crippen LogP contribution in [0, 0.1) is 7.11 Å². The maximum atomic E-state index is 5.27. The van der Waals surface area contributed by atoms with Crippen LogP contribution in [0.15, 0.2) is 0 Å². The topological polar surface area (TPSA) is 46.2 Å². The molecule has 5 heteroatoms. The van der Waals surface area contributed by atoms with Gasteiger partial charge in [-0.1, -0.05) is 0 Å². The molecule has 0 rings (SSSR count). The van der Waals surface area contributed by atoms with Gasteiger partial charge in [0.05, 0.1) is 46.2 Å². The van der Waals surface area contributed by atoms with Crippen molar-refractivity contribution >= 4 is 0 Å². The summed E-state index contributed by atoms with van der Waals surface area (Å²) in [6, 6.07) is 0. The van der Waals surface area contributed by atoms with Gasteiger partial charge in [0.15, 0.2) is 0 Å². The minimum atomic E-state index is 0.514. The average molecular weight is 235 g/mol. The Labute approximate surface area is 98.0 Å². The van der Waals surface area contributed by atoms with Gasteiger partial charge in [0.1, 0.15) is 6.61 Å². The lowest BCUT2D eigenvalue weighted by Crippen LogP contribution is -2.12. The molecule has 0 N–H and O–H groups in total. The predicted octanol–water partition coefficient (Wildman–Crippen LogP) is 0.881. The highest BCUT2D eigenvalue weighted by Gasteiger charge is 1.92. The van der Waals surface area contributed by atoms with E-state index < -0.39 is 0 Å². The van der Waals surface area contributed by atoms with Crippen LogP contribution in [-0.2, 0) is 23.7 Å². The van der Waals surface area contributed by atoms with Crippen LogP contribution in [0.5, 0.6) is 0 Å². The maximum Gasteiger partial charge on any atom is 0.213 e. The molecule has 0 aromatic carbocycles. The third kappa shape index (κ3) is 13.7. The second-order valence-corrected chi connectivity index (χ2v) is 2.94. The predicted molar refractivity (Wildman–Crippen MR) is 60.3 cm³/mol. The molecule has 0 spiro atoms. The van der Waals surface area contributed by atoms with Gasteiger partial charge in [0.2, 0.25) is 7.11 Å². The van der Waals surface area contributed by atoms with E-state index >= 15 is 0 Å². The van der Waals surface area contributed by atoms with Gasteiger partial charge in [-0.25, -0.2) is 0 Å². The first kappa shape index (κ1) is 15.7. The van der Waals surface area contributed by atoms with E-state index in [1.165, 1.54) is 0 Å². The van der Waals surface area contributed by atoms with E-state index in [-0.39, 0.29) is 0 Å². The molecule has 5 nitrogen and oxygen atoms in total. The van der Waals surface area contributed by atoms with Crippen LogP contribution in [-0.4, -0.2) is 59.5 Å². The fourth-order valence-electron chi connectivity index (χ4n) is 0.922. The summed E-state index contributed by atoms with van der Waals surface area (Å²) in [7, 11) is 3.24. The molecule has 0 bridgehead atoms. The lowest BCUT2D eigenvalue weighted by atomic mass is 10.7. The van der Waals surface area contributed by atoms with E-state index in [4.69, 9.17) is 18.9 Å². The van der Waals surface area contributed by atoms with Crippen LogP contribution in [0.2, 0.25) is 0 Å². The Morgan fingerprint density at radius 2 is 1.00 bits per heavy atom. The SMILES string of the molecule is [CH2+]OCCOCCOCCOCCOCC. The van der Waals surface area contributed by atoms with Gasteiger partial charge >= 0.3 is 0 Å². The molecular formula is C11H23O5+. The third-order valence-corrected chi connectivity index (χ3v) is 1.69. The minimum Gasteiger partial charge on any atom is -0.379 e.